The van der Waals surface area contributed by atoms with Crippen molar-refractivity contribution < 1.29 is 27.8 Å². The van der Waals surface area contributed by atoms with Crippen LogP contribution in [0.1, 0.15) is 45.6 Å². The molecular formula is C28H33ClF3N7O3. The second-order valence-electron chi connectivity index (χ2n) is 10.1. The molecule has 3 aromatic rings. The van der Waals surface area contributed by atoms with Gasteiger partial charge in [0.15, 0.2) is 0 Å². The van der Waals surface area contributed by atoms with Crippen molar-refractivity contribution in [2.45, 2.75) is 38.6 Å². The van der Waals surface area contributed by atoms with E-state index in [1.54, 1.807) is 17.9 Å². The highest BCUT2D eigenvalue weighted by Crippen LogP contribution is 2.39. The number of aliphatic hydroxyl groups excluding tert-OH is 1. The van der Waals surface area contributed by atoms with Gasteiger partial charge in [0, 0.05) is 55.3 Å². The maximum absolute atomic E-state index is 13.9. The largest absolute Gasteiger partial charge is 0.494 e. The van der Waals surface area contributed by atoms with E-state index in [-0.39, 0.29) is 39.8 Å². The third-order valence-electron chi connectivity index (χ3n) is 7.21. The number of halogens is 4. The topological polar surface area (TPSA) is 135 Å². The van der Waals surface area contributed by atoms with Crippen LogP contribution in [0.15, 0.2) is 42.7 Å². The van der Waals surface area contributed by atoms with Gasteiger partial charge in [-0.05, 0) is 50.1 Å². The molecule has 0 unspecified atom stereocenters. The molecule has 1 aliphatic heterocycles. The molecule has 0 atom stereocenters. The number of aliphatic hydroxyl groups is 1. The number of methoxy groups -OCH3 is 1. The summed E-state index contributed by atoms with van der Waals surface area (Å²) in [6.07, 6.45) is -1.04. The number of alkyl halides is 3. The van der Waals surface area contributed by atoms with Gasteiger partial charge in [0.25, 0.3) is 5.91 Å². The molecular weight excluding hydrogens is 575 g/mol. The maximum atomic E-state index is 13.9. The van der Waals surface area contributed by atoms with E-state index >= 15 is 0 Å². The van der Waals surface area contributed by atoms with Gasteiger partial charge in [0.1, 0.15) is 5.75 Å². The predicted octanol–water partition coefficient (Wildman–Crippen LogP) is 4.26. The van der Waals surface area contributed by atoms with Crippen molar-refractivity contribution in [2.24, 2.45) is 18.6 Å². The van der Waals surface area contributed by atoms with Gasteiger partial charge >= 0.3 is 6.18 Å². The zero-order chi connectivity index (χ0) is 30.8. The first-order valence-corrected chi connectivity index (χ1v) is 13.5. The molecule has 1 fully saturated rings. The summed E-state index contributed by atoms with van der Waals surface area (Å²) in [5, 5.41) is 17.9. The van der Waals surface area contributed by atoms with Gasteiger partial charge in [-0.2, -0.15) is 18.3 Å². The molecule has 0 bridgehead atoms. The number of aryl methyl sites for hydroxylation is 1. The smallest absolute Gasteiger partial charge is 0.416 e. The molecule has 6 N–H and O–H groups in total. The molecule has 1 saturated heterocycles. The first-order valence-electron chi connectivity index (χ1n) is 13.1. The van der Waals surface area contributed by atoms with E-state index in [2.05, 4.69) is 10.4 Å². The number of carbonyl (C=O) groups excluding carboxylic acids is 1. The molecule has 0 spiro atoms. The summed E-state index contributed by atoms with van der Waals surface area (Å²) in [6, 6.07) is 6.13. The minimum Gasteiger partial charge on any atom is -0.494 e. The average molecular weight is 608 g/mol. The molecule has 226 valence electrons. The Morgan fingerprint density at radius 2 is 1.98 bits per heavy atom. The molecule has 42 heavy (non-hydrogen) atoms. The van der Waals surface area contributed by atoms with Crippen molar-refractivity contribution in [1.29, 1.82) is 0 Å². The Morgan fingerprint density at radius 1 is 1.29 bits per heavy atom. The minimum absolute atomic E-state index is 0.0837. The summed E-state index contributed by atoms with van der Waals surface area (Å²) in [6.45, 7) is 3.03. The lowest BCUT2D eigenvalue weighted by Crippen LogP contribution is -2.35. The fraction of sp³-hybridized carbons (Fsp3) is 0.357. The van der Waals surface area contributed by atoms with Crippen LogP contribution in [0, 0.1) is 6.92 Å². The Labute approximate surface area is 246 Å². The zero-order valence-electron chi connectivity index (χ0n) is 23.4. The third kappa shape index (κ3) is 6.98. The van der Waals surface area contributed by atoms with Crippen LogP contribution in [0.3, 0.4) is 0 Å². The summed E-state index contributed by atoms with van der Waals surface area (Å²) in [4.78, 5) is 15.3. The number of hydrogen-bond acceptors (Lipinski definition) is 8. The lowest BCUT2D eigenvalue weighted by atomic mass is 10.0. The molecule has 2 heterocycles. The molecule has 2 aromatic carbocycles. The van der Waals surface area contributed by atoms with E-state index in [1.807, 2.05) is 11.8 Å². The molecule has 0 saturated carbocycles. The lowest BCUT2D eigenvalue weighted by Gasteiger charge is -2.30. The summed E-state index contributed by atoms with van der Waals surface area (Å²) in [7, 11) is 3.10. The Morgan fingerprint density at radius 3 is 2.57 bits per heavy atom. The normalized spacial score (nSPS) is 15.1. The number of hydrogen-bond donors (Lipinski definition) is 4. The van der Waals surface area contributed by atoms with Crippen LogP contribution < -0.4 is 26.6 Å². The van der Waals surface area contributed by atoms with Gasteiger partial charge in [-0.1, -0.05) is 11.6 Å². The van der Waals surface area contributed by atoms with Crippen molar-refractivity contribution in [3.05, 3.63) is 75.7 Å². The summed E-state index contributed by atoms with van der Waals surface area (Å²) in [5.41, 5.74) is 7.49. The number of benzene rings is 2. The fourth-order valence-electron chi connectivity index (χ4n) is 4.74. The van der Waals surface area contributed by atoms with Crippen LogP contribution in [0.4, 0.5) is 24.5 Å². The standard InChI is InChI=1S/C28H33ClF3N7O3/c1-16-21(13-35-37(16)2)23(33)15-39(34)25-11-17(4-5-22(25)29)27(41)36-24-12-19(28(30,31)32)10-18(26(24)42-3)14-38-8-6-20(40)7-9-38/h4-5,10-13,15,20,40H,6-9,14,33-34H2,1-3H3,(H,36,41)/b23-15-. The molecule has 4 rings (SSSR count). The number of rotatable bonds is 8. The Kier molecular flexibility index (Phi) is 9.36. The van der Waals surface area contributed by atoms with Gasteiger partial charge in [-0.3, -0.25) is 19.4 Å². The summed E-state index contributed by atoms with van der Waals surface area (Å²) >= 11 is 6.36. The Bertz CT molecular complexity index is 1480. The number of ether oxygens (including phenoxy) is 1. The van der Waals surface area contributed by atoms with Crippen molar-refractivity contribution >= 4 is 34.6 Å². The average Bonchev–Trinajstić information content (AvgIpc) is 3.27. The van der Waals surface area contributed by atoms with E-state index < -0.39 is 23.8 Å². The first kappa shape index (κ1) is 31.2. The molecule has 0 radical (unpaired) electrons. The molecule has 14 heteroatoms. The quantitative estimate of drug-likeness (QED) is 0.220. The SMILES string of the molecule is COc1c(CN2CCC(O)CC2)cc(C(F)(F)F)cc1NC(=O)c1ccc(Cl)c(N(N)/C=C(\N)c2cnn(C)c2C)c1. The van der Waals surface area contributed by atoms with E-state index in [1.165, 1.54) is 31.5 Å². The minimum atomic E-state index is -4.66. The second-order valence-corrected chi connectivity index (χ2v) is 10.5. The van der Waals surface area contributed by atoms with Crippen LogP contribution in [-0.4, -0.2) is 52.0 Å². The van der Waals surface area contributed by atoms with Gasteiger partial charge < -0.3 is 20.9 Å². The molecule has 10 nitrogen and oxygen atoms in total. The number of nitrogens with two attached hydrogens (primary N) is 2. The molecule has 1 amide bonds. The van der Waals surface area contributed by atoms with Gasteiger partial charge in [-0.15, -0.1) is 0 Å². The molecule has 0 aliphatic carbocycles. The number of carbonyl (C=O) groups is 1. The number of amides is 1. The number of hydrazine groups is 1. The number of nitrogens with one attached hydrogen (secondary N) is 1. The molecule has 1 aliphatic rings. The number of piperidine rings is 1. The monoisotopic (exact) mass is 607 g/mol. The van der Waals surface area contributed by atoms with Crippen LogP contribution in [0.2, 0.25) is 5.02 Å². The van der Waals surface area contributed by atoms with Crippen molar-refractivity contribution in [2.75, 3.05) is 30.5 Å². The predicted molar refractivity (Wildman–Crippen MR) is 155 cm³/mol. The third-order valence-corrected chi connectivity index (χ3v) is 7.53. The van der Waals surface area contributed by atoms with Crippen molar-refractivity contribution in [1.82, 2.24) is 14.7 Å². The van der Waals surface area contributed by atoms with E-state index in [0.29, 0.717) is 37.2 Å². The Hall–Kier alpha value is -3.78. The van der Waals surface area contributed by atoms with Crippen molar-refractivity contribution in [3.8, 4) is 5.75 Å². The Balaban J connectivity index is 1.63. The van der Waals surface area contributed by atoms with Gasteiger partial charge in [0.2, 0.25) is 0 Å². The number of anilines is 2. The highest BCUT2D eigenvalue weighted by molar-refractivity contribution is 6.33. The fourth-order valence-corrected chi connectivity index (χ4v) is 4.95. The van der Waals surface area contributed by atoms with E-state index in [9.17, 15) is 23.1 Å². The summed E-state index contributed by atoms with van der Waals surface area (Å²) in [5.74, 6) is 5.62. The second kappa shape index (κ2) is 12.6. The number of likely N-dealkylation sites (tertiary alicyclic amines) is 1. The van der Waals surface area contributed by atoms with Gasteiger partial charge in [0.05, 0.1) is 47.1 Å². The van der Waals surface area contributed by atoms with Crippen LogP contribution >= 0.6 is 11.6 Å². The molecule has 1 aromatic heterocycles. The summed E-state index contributed by atoms with van der Waals surface area (Å²) < 4.78 is 48.7. The highest BCUT2D eigenvalue weighted by Gasteiger charge is 2.33. The number of nitrogens with zero attached hydrogens (tertiary/aromatic N) is 4. The maximum Gasteiger partial charge on any atom is 0.416 e. The lowest BCUT2D eigenvalue weighted by molar-refractivity contribution is -0.137. The first-order chi connectivity index (χ1) is 19.8. The van der Waals surface area contributed by atoms with E-state index in [4.69, 9.17) is 27.9 Å². The van der Waals surface area contributed by atoms with Crippen LogP contribution in [0.25, 0.3) is 5.70 Å². The van der Waals surface area contributed by atoms with E-state index in [0.717, 1.165) is 22.8 Å². The van der Waals surface area contributed by atoms with Crippen molar-refractivity contribution in [3.63, 3.8) is 0 Å². The van der Waals surface area contributed by atoms with Gasteiger partial charge in [-0.25, -0.2) is 5.84 Å². The number of aromatic nitrogens is 2. The van der Waals surface area contributed by atoms with Crippen LogP contribution in [0.5, 0.6) is 5.75 Å². The zero-order valence-corrected chi connectivity index (χ0v) is 24.1. The van der Waals surface area contributed by atoms with Crippen LogP contribution in [-0.2, 0) is 19.8 Å². The highest BCUT2D eigenvalue weighted by atomic mass is 35.5.